The van der Waals surface area contributed by atoms with Gasteiger partial charge in [-0.1, -0.05) is 20.8 Å². The molecule has 2 heteroatoms. The number of piperidine rings is 1. The minimum absolute atomic E-state index is 0.681. The summed E-state index contributed by atoms with van der Waals surface area (Å²) in [5.74, 6) is 1.68. The molecule has 0 amide bonds. The molecule has 2 atom stereocenters. The number of nitrogens with one attached hydrogen (secondary N) is 1. The smallest absolute Gasteiger partial charge is 0.00362 e. The molecule has 0 aliphatic carbocycles. The van der Waals surface area contributed by atoms with Crippen LogP contribution in [-0.4, -0.2) is 37.1 Å². The van der Waals surface area contributed by atoms with Crippen molar-refractivity contribution in [2.24, 2.45) is 11.8 Å². The largest absolute Gasteiger partial charge is 0.314 e. The number of nitrogens with zero attached hydrogens (tertiary/aromatic N) is 1. The monoisotopic (exact) mass is 226 g/mol. The van der Waals surface area contributed by atoms with Crippen LogP contribution < -0.4 is 5.32 Å². The van der Waals surface area contributed by atoms with E-state index in [9.17, 15) is 0 Å². The molecule has 1 aliphatic rings. The first kappa shape index (κ1) is 14.0. The Morgan fingerprint density at radius 1 is 1.31 bits per heavy atom. The second-order valence-corrected chi connectivity index (χ2v) is 5.88. The van der Waals surface area contributed by atoms with Gasteiger partial charge in [0.2, 0.25) is 0 Å². The van der Waals surface area contributed by atoms with Gasteiger partial charge in [0.25, 0.3) is 0 Å². The summed E-state index contributed by atoms with van der Waals surface area (Å²) in [6.07, 6.45) is 4.04. The molecule has 1 heterocycles. The van der Waals surface area contributed by atoms with Crippen molar-refractivity contribution in [3.05, 3.63) is 0 Å². The number of likely N-dealkylation sites (tertiary alicyclic amines) is 1. The molecule has 1 saturated heterocycles. The number of hydrogen-bond acceptors (Lipinski definition) is 2. The zero-order valence-corrected chi connectivity index (χ0v) is 11.6. The van der Waals surface area contributed by atoms with Gasteiger partial charge in [0.15, 0.2) is 0 Å². The van der Waals surface area contributed by atoms with Gasteiger partial charge in [-0.05, 0) is 51.1 Å². The molecule has 0 saturated carbocycles. The molecule has 1 aliphatic heterocycles. The van der Waals surface area contributed by atoms with Gasteiger partial charge in [0, 0.05) is 19.1 Å². The zero-order valence-electron chi connectivity index (χ0n) is 11.6. The van der Waals surface area contributed by atoms with Crippen LogP contribution in [0.1, 0.15) is 47.0 Å². The van der Waals surface area contributed by atoms with E-state index in [1.807, 2.05) is 0 Å². The maximum absolute atomic E-state index is 3.65. The average molecular weight is 226 g/mol. The lowest BCUT2D eigenvalue weighted by Crippen LogP contribution is -2.42. The fourth-order valence-electron chi connectivity index (χ4n) is 2.51. The highest BCUT2D eigenvalue weighted by molar-refractivity contribution is 4.76. The maximum atomic E-state index is 3.65. The summed E-state index contributed by atoms with van der Waals surface area (Å²) in [6.45, 7) is 14.3. The van der Waals surface area contributed by atoms with Gasteiger partial charge in [0.1, 0.15) is 0 Å². The van der Waals surface area contributed by atoms with Crippen molar-refractivity contribution >= 4 is 0 Å². The number of hydrogen-bond donors (Lipinski definition) is 1. The number of rotatable bonds is 6. The quantitative estimate of drug-likeness (QED) is 0.749. The van der Waals surface area contributed by atoms with E-state index in [4.69, 9.17) is 0 Å². The van der Waals surface area contributed by atoms with Crippen LogP contribution in [0.3, 0.4) is 0 Å². The van der Waals surface area contributed by atoms with Crippen LogP contribution in [0.25, 0.3) is 0 Å². The molecule has 0 aromatic heterocycles. The van der Waals surface area contributed by atoms with E-state index in [1.165, 1.54) is 45.4 Å². The average Bonchev–Trinajstić information content (AvgIpc) is 2.25. The lowest BCUT2D eigenvalue weighted by Gasteiger charge is -2.34. The summed E-state index contributed by atoms with van der Waals surface area (Å²) in [4.78, 5) is 2.65. The predicted octanol–water partition coefficient (Wildman–Crippen LogP) is 2.74. The van der Waals surface area contributed by atoms with Crippen LogP contribution in [0.2, 0.25) is 0 Å². The molecule has 0 spiro atoms. The molecule has 1 fully saturated rings. The Hall–Kier alpha value is -0.0800. The van der Waals surface area contributed by atoms with Crippen molar-refractivity contribution in [2.45, 2.75) is 53.0 Å². The van der Waals surface area contributed by atoms with Gasteiger partial charge in [-0.15, -0.1) is 0 Å². The van der Waals surface area contributed by atoms with E-state index in [2.05, 4.69) is 37.9 Å². The molecule has 1 rings (SSSR count). The normalized spacial score (nSPS) is 24.9. The summed E-state index contributed by atoms with van der Waals surface area (Å²) in [5.41, 5.74) is 0. The Balaban J connectivity index is 2.22. The topological polar surface area (TPSA) is 15.3 Å². The third kappa shape index (κ3) is 5.31. The lowest BCUT2D eigenvalue weighted by molar-refractivity contribution is 0.155. The van der Waals surface area contributed by atoms with E-state index in [-0.39, 0.29) is 0 Å². The van der Waals surface area contributed by atoms with E-state index < -0.39 is 0 Å². The molecular formula is C14H30N2. The van der Waals surface area contributed by atoms with E-state index in [1.54, 1.807) is 0 Å². The summed E-state index contributed by atoms with van der Waals surface area (Å²) in [6, 6.07) is 0.681. The molecule has 1 N–H and O–H groups in total. The van der Waals surface area contributed by atoms with Crippen molar-refractivity contribution in [2.75, 3.05) is 26.2 Å². The summed E-state index contributed by atoms with van der Waals surface area (Å²) in [5, 5.41) is 3.65. The van der Waals surface area contributed by atoms with Crippen LogP contribution in [0.5, 0.6) is 0 Å². The predicted molar refractivity (Wildman–Crippen MR) is 71.8 cm³/mol. The Morgan fingerprint density at radius 2 is 2.06 bits per heavy atom. The van der Waals surface area contributed by atoms with Gasteiger partial charge < -0.3 is 10.2 Å². The second kappa shape index (κ2) is 7.29. The van der Waals surface area contributed by atoms with Gasteiger partial charge in [-0.25, -0.2) is 0 Å². The standard InChI is InChI=1S/C14H30N2/c1-5-13(4)15-9-14-7-6-8-16(11-14)10-12(2)3/h12-15H,5-11H2,1-4H3. The third-order valence-corrected chi connectivity index (χ3v) is 3.59. The fourth-order valence-corrected chi connectivity index (χ4v) is 2.51. The van der Waals surface area contributed by atoms with Crippen LogP contribution in [0.15, 0.2) is 0 Å². The first-order valence-corrected chi connectivity index (χ1v) is 7.07. The van der Waals surface area contributed by atoms with E-state index in [0.717, 1.165) is 11.8 Å². The molecule has 0 aromatic rings. The minimum Gasteiger partial charge on any atom is -0.314 e. The van der Waals surface area contributed by atoms with Crippen molar-refractivity contribution in [3.8, 4) is 0 Å². The lowest BCUT2D eigenvalue weighted by atomic mass is 9.97. The van der Waals surface area contributed by atoms with E-state index in [0.29, 0.717) is 6.04 Å². The maximum Gasteiger partial charge on any atom is 0.00362 e. The zero-order chi connectivity index (χ0) is 12.0. The first-order chi connectivity index (χ1) is 7.61. The molecule has 0 aromatic carbocycles. The van der Waals surface area contributed by atoms with Crippen LogP contribution >= 0.6 is 0 Å². The fraction of sp³-hybridized carbons (Fsp3) is 1.00. The minimum atomic E-state index is 0.681. The third-order valence-electron chi connectivity index (χ3n) is 3.59. The SMILES string of the molecule is CCC(C)NCC1CCCN(CC(C)C)C1. The van der Waals surface area contributed by atoms with Crippen molar-refractivity contribution in [1.29, 1.82) is 0 Å². The van der Waals surface area contributed by atoms with Gasteiger partial charge in [-0.2, -0.15) is 0 Å². The molecule has 2 nitrogen and oxygen atoms in total. The van der Waals surface area contributed by atoms with Gasteiger partial charge >= 0.3 is 0 Å². The Morgan fingerprint density at radius 3 is 2.69 bits per heavy atom. The molecule has 16 heavy (non-hydrogen) atoms. The molecule has 0 radical (unpaired) electrons. The second-order valence-electron chi connectivity index (χ2n) is 5.88. The molecule has 0 bridgehead atoms. The Bertz CT molecular complexity index is 180. The van der Waals surface area contributed by atoms with Crippen LogP contribution in [-0.2, 0) is 0 Å². The summed E-state index contributed by atoms with van der Waals surface area (Å²) >= 11 is 0. The highest BCUT2D eigenvalue weighted by Gasteiger charge is 2.20. The molecule has 2 unspecified atom stereocenters. The summed E-state index contributed by atoms with van der Waals surface area (Å²) in [7, 11) is 0. The van der Waals surface area contributed by atoms with Crippen molar-refractivity contribution in [1.82, 2.24) is 10.2 Å². The van der Waals surface area contributed by atoms with Crippen LogP contribution in [0, 0.1) is 11.8 Å². The van der Waals surface area contributed by atoms with Gasteiger partial charge in [0.05, 0.1) is 0 Å². The highest BCUT2D eigenvalue weighted by Crippen LogP contribution is 2.17. The van der Waals surface area contributed by atoms with Crippen LogP contribution in [0.4, 0.5) is 0 Å². The van der Waals surface area contributed by atoms with Gasteiger partial charge in [-0.3, -0.25) is 0 Å². The highest BCUT2D eigenvalue weighted by atomic mass is 15.1. The van der Waals surface area contributed by atoms with Crippen molar-refractivity contribution in [3.63, 3.8) is 0 Å². The Labute approximate surface area is 102 Å². The van der Waals surface area contributed by atoms with E-state index >= 15 is 0 Å². The molecule has 96 valence electrons. The molecular weight excluding hydrogens is 196 g/mol. The Kier molecular flexibility index (Phi) is 6.37. The first-order valence-electron chi connectivity index (χ1n) is 7.07. The summed E-state index contributed by atoms with van der Waals surface area (Å²) < 4.78 is 0. The van der Waals surface area contributed by atoms with Crippen molar-refractivity contribution < 1.29 is 0 Å².